The molecule has 3 rings (SSSR count). The molecule has 13 heteroatoms. The van der Waals surface area contributed by atoms with Crippen LogP contribution in [-0.2, 0) is 10.9 Å². The predicted molar refractivity (Wildman–Crippen MR) is 106 cm³/mol. The van der Waals surface area contributed by atoms with Crippen LogP contribution in [0.1, 0.15) is 39.8 Å². The number of esters is 1. The number of ether oxygens (including phenoxy) is 1. The fourth-order valence-electron chi connectivity index (χ4n) is 3.03. The Kier molecular flexibility index (Phi) is 6.82. The number of amides is 3. The number of anilines is 1. The van der Waals surface area contributed by atoms with Gasteiger partial charge < -0.3 is 10.1 Å². The van der Waals surface area contributed by atoms with Crippen LogP contribution in [0.2, 0.25) is 5.28 Å². The van der Waals surface area contributed by atoms with E-state index in [-0.39, 0.29) is 30.9 Å². The van der Waals surface area contributed by atoms with Crippen molar-refractivity contribution in [1.29, 1.82) is 0 Å². The SMILES string of the molecule is CCOC(=O)c1cccc(NC(=O)N2CCCN2C(=O)c2cnc(Cl)nc2C(F)(F)F)c1. The number of carbonyl (C=O) groups excluding carboxylic acids is 3. The van der Waals surface area contributed by atoms with Gasteiger partial charge in [0, 0.05) is 25.0 Å². The Bertz CT molecular complexity index is 1050. The summed E-state index contributed by atoms with van der Waals surface area (Å²) in [5.74, 6) is -1.68. The third kappa shape index (κ3) is 5.07. The third-order valence-electron chi connectivity index (χ3n) is 4.38. The van der Waals surface area contributed by atoms with E-state index in [1.807, 2.05) is 0 Å². The van der Waals surface area contributed by atoms with E-state index in [1.54, 1.807) is 6.92 Å². The lowest BCUT2D eigenvalue weighted by Gasteiger charge is -2.28. The highest BCUT2D eigenvalue weighted by Crippen LogP contribution is 2.32. The average molecular weight is 472 g/mol. The Morgan fingerprint density at radius 2 is 1.94 bits per heavy atom. The Morgan fingerprint density at radius 3 is 2.62 bits per heavy atom. The van der Waals surface area contributed by atoms with Crippen molar-refractivity contribution in [3.8, 4) is 0 Å². The van der Waals surface area contributed by atoms with Crippen molar-refractivity contribution in [2.45, 2.75) is 19.5 Å². The highest BCUT2D eigenvalue weighted by molar-refractivity contribution is 6.28. The molecule has 0 aliphatic carbocycles. The quantitative estimate of drug-likeness (QED) is 0.539. The van der Waals surface area contributed by atoms with E-state index in [9.17, 15) is 27.6 Å². The summed E-state index contributed by atoms with van der Waals surface area (Å²) in [7, 11) is 0. The standard InChI is InChI=1S/C19H17ClF3N5O4/c1-2-32-16(30)11-5-3-6-12(9-11)25-18(31)28-8-4-7-27(28)15(29)13-10-24-17(20)26-14(13)19(21,22)23/h3,5-6,9-10H,2,4,7-8H2,1H3,(H,25,31). The summed E-state index contributed by atoms with van der Waals surface area (Å²) >= 11 is 5.46. The van der Waals surface area contributed by atoms with E-state index < -0.39 is 40.6 Å². The van der Waals surface area contributed by atoms with Crippen LogP contribution < -0.4 is 5.32 Å². The molecule has 170 valence electrons. The Hall–Kier alpha value is -3.41. The van der Waals surface area contributed by atoms with Gasteiger partial charge in [0.25, 0.3) is 5.91 Å². The Labute approximate surface area is 185 Å². The number of nitrogens with one attached hydrogen (secondary N) is 1. The van der Waals surface area contributed by atoms with Crippen LogP contribution in [0.25, 0.3) is 0 Å². The highest BCUT2D eigenvalue weighted by atomic mass is 35.5. The smallest absolute Gasteiger partial charge is 0.434 e. The summed E-state index contributed by atoms with van der Waals surface area (Å²) in [5, 5.41) is 3.72. The molecule has 2 aromatic rings. The molecule has 0 radical (unpaired) electrons. The number of aromatic nitrogens is 2. The number of carbonyl (C=O) groups is 3. The van der Waals surface area contributed by atoms with Gasteiger partial charge in [-0.2, -0.15) is 13.2 Å². The normalized spacial score (nSPS) is 13.8. The van der Waals surface area contributed by atoms with Crippen LogP contribution in [-0.4, -0.2) is 57.6 Å². The fourth-order valence-corrected chi connectivity index (χ4v) is 3.17. The minimum Gasteiger partial charge on any atom is -0.462 e. The van der Waals surface area contributed by atoms with E-state index in [4.69, 9.17) is 16.3 Å². The summed E-state index contributed by atoms with van der Waals surface area (Å²) in [5.41, 5.74) is -1.87. The summed E-state index contributed by atoms with van der Waals surface area (Å²) in [6.07, 6.45) is -3.92. The van der Waals surface area contributed by atoms with Crippen LogP contribution in [0.4, 0.5) is 23.7 Å². The number of benzene rings is 1. The number of rotatable bonds is 4. The molecule has 0 spiro atoms. The molecule has 0 saturated carbocycles. The van der Waals surface area contributed by atoms with E-state index in [2.05, 4.69) is 15.3 Å². The molecule has 2 heterocycles. The largest absolute Gasteiger partial charge is 0.462 e. The van der Waals surface area contributed by atoms with Gasteiger partial charge in [0.2, 0.25) is 5.28 Å². The van der Waals surface area contributed by atoms with Crippen molar-refractivity contribution >= 4 is 35.2 Å². The summed E-state index contributed by atoms with van der Waals surface area (Å²) in [4.78, 5) is 44.0. The van der Waals surface area contributed by atoms with Gasteiger partial charge in [-0.25, -0.2) is 29.6 Å². The van der Waals surface area contributed by atoms with Crippen LogP contribution in [0.15, 0.2) is 30.5 Å². The van der Waals surface area contributed by atoms with Gasteiger partial charge in [0.15, 0.2) is 5.69 Å². The van der Waals surface area contributed by atoms with E-state index in [1.165, 1.54) is 24.3 Å². The zero-order valence-electron chi connectivity index (χ0n) is 16.6. The molecule has 1 aliphatic rings. The first kappa shape index (κ1) is 23.3. The molecular formula is C19H17ClF3N5O4. The van der Waals surface area contributed by atoms with Gasteiger partial charge in [0.1, 0.15) is 0 Å². The second-order valence-electron chi connectivity index (χ2n) is 6.54. The number of halogens is 4. The van der Waals surface area contributed by atoms with E-state index in [0.717, 1.165) is 10.0 Å². The maximum Gasteiger partial charge on any atom is 0.434 e. The molecule has 1 saturated heterocycles. The topological polar surface area (TPSA) is 105 Å². The molecule has 1 aliphatic heterocycles. The second-order valence-corrected chi connectivity index (χ2v) is 6.87. The molecule has 1 N–H and O–H groups in total. The monoisotopic (exact) mass is 471 g/mol. The van der Waals surface area contributed by atoms with Crippen LogP contribution in [0, 0.1) is 0 Å². The van der Waals surface area contributed by atoms with Crippen LogP contribution >= 0.6 is 11.6 Å². The first-order valence-electron chi connectivity index (χ1n) is 9.39. The molecular weight excluding hydrogens is 455 g/mol. The highest BCUT2D eigenvalue weighted by Gasteiger charge is 2.41. The van der Waals surface area contributed by atoms with Crippen molar-refractivity contribution in [2.75, 3.05) is 25.0 Å². The number of urea groups is 1. The van der Waals surface area contributed by atoms with Gasteiger partial charge in [-0.05, 0) is 43.1 Å². The molecule has 1 aromatic carbocycles. The molecule has 0 bridgehead atoms. The van der Waals surface area contributed by atoms with E-state index in [0.29, 0.717) is 12.6 Å². The van der Waals surface area contributed by atoms with E-state index >= 15 is 0 Å². The summed E-state index contributed by atoms with van der Waals surface area (Å²) < 4.78 is 44.9. The lowest BCUT2D eigenvalue weighted by molar-refractivity contribution is -0.141. The number of hydrogen-bond acceptors (Lipinski definition) is 6. The van der Waals surface area contributed by atoms with Crippen LogP contribution in [0.5, 0.6) is 0 Å². The van der Waals surface area contributed by atoms with Crippen molar-refractivity contribution in [3.63, 3.8) is 0 Å². The average Bonchev–Trinajstić information content (AvgIpc) is 3.23. The number of hydrazine groups is 1. The molecule has 32 heavy (non-hydrogen) atoms. The number of nitrogens with zero attached hydrogens (tertiary/aromatic N) is 4. The summed E-state index contributed by atoms with van der Waals surface area (Å²) in [6, 6.07) is 5.15. The minimum absolute atomic E-state index is 0.00897. The van der Waals surface area contributed by atoms with Crippen LogP contribution in [0.3, 0.4) is 0 Å². The first-order chi connectivity index (χ1) is 15.1. The summed E-state index contributed by atoms with van der Waals surface area (Å²) in [6.45, 7) is 1.92. The fraction of sp³-hybridized carbons (Fsp3) is 0.316. The molecule has 0 unspecified atom stereocenters. The molecule has 1 fully saturated rings. The van der Waals surface area contributed by atoms with Gasteiger partial charge in [-0.15, -0.1) is 0 Å². The zero-order chi connectivity index (χ0) is 23.5. The van der Waals surface area contributed by atoms with Gasteiger partial charge >= 0.3 is 18.2 Å². The molecule has 0 atom stereocenters. The van der Waals surface area contributed by atoms with Crippen molar-refractivity contribution in [2.24, 2.45) is 0 Å². The maximum absolute atomic E-state index is 13.3. The first-order valence-corrected chi connectivity index (χ1v) is 9.76. The lowest BCUT2D eigenvalue weighted by Crippen LogP contribution is -2.47. The number of hydrogen-bond donors (Lipinski definition) is 1. The van der Waals surface area contributed by atoms with Crippen molar-refractivity contribution < 1.29 is 32.3 Å². The predicted octanol–water partition coefficient (Wildman–Crippen LogP) is 3.62. The van der Waals surface area contributed by atoms with Crippen molar-refractivity contribution in [1.82, 2.24) is 20.0 Å². The van der Waals surface area contributed by atoms with Gasteiger partial charge in [-0.3, -0.25) is 4.79 Å². The third-order valence-corrected chi connectivity index (χ3v) is 4.57. The number of alkyl halides is 3. The molecule has 3 amide bonds. The zero-order valence-corrected chi connectivity index (χ0v) is 17.4. The second kappa shape index (κ2) is 9.39. The Balaban J connectivity index is 1.81. The Morgan fingerprint density at radius 1 is 1.22 bits per heavy atom. The van der Waals surface area contributed by atoms with Gasteiger partial charge in [0.05, 0.1) is 17.7 Å². The van der Waals surface area contributed by atoms with Crippen molar-refractivity contribution in [3.05, 3.63) is 52.6 Å². The van der Waals surface area contributed by atoms with Gasteiger partial charge in [-0.1, -0.05) is 6.07 Å². The maximum atomic E-state index is 13.3. The lowest BCUT2D eigenvalue weighted by atomic mass is 10.2. The minimum atomic E-state index is -4.95. The molecule has 1 aromatic heterocycles. The molecule has 9 nitrogen and oxygen atoms in total.